The van der Waals surface area contributed by atoms with Crippen LogP contribution in [0.2, 0.25) is 0 Å². The van der Waals surface area contributed by atoms with Crippen LogP contribution in [0, 0.1) is 10.1 Å². The van der Waals surface area contributed by atoms with E-state index in [0.29, 0.717) is 6.61 Å². The van der Waals surface area contributed by atoms with Crippen LogP contribution in [0.15, 0.2) is 76.2 Å². The highest BCUT2D eigenvalue weighted by atomic mass is 79.9. The van der Waals surface area contributed by atoms with Gasteiger partial charge in [-0.15, -0.1) is 10.1 Å². The molecule has 7 nitrogen and oxygen atoms in total. The molecule has 0 aliphatic heterocycles. The highest BCUT2D eigenvalue weighted by Gasteiger charge is 2.12. The third kappa shape index (κ3) is 9.21. The number of hydrogen-bond acceptors (Lipinski definition) is 4. The molecule has 154 valence electrons. The normalized spacial score (nSPS) is 11.4. The summed E-state index contributed by atoms with van der Waals surface area (Å²) in [5.74, 6) is 0. The van der Waals surface area contributed by atoms with Crippen LogP contribution >= 0.6 is 31.9 Å². The first-order valence-corrected chi connectivity index (χ1v) is 10.4. The minimum Gasteiger partial charge on any atom is -0.369 e. The van der Waals surface area contributed by atoms with E-state index in [-0.39, 0.29) is 6.10 Å². The van der Waals surface area contributed by atoms with Crippen LogP contribution in [0.4, 0.5) is 0 Å². The second kappa shape index (κ2) is 12.4. The van der Waals surface area contributed by atoms with Crippen LogP contribution in [0.25, 0.3) is 0 Å². The van der Waals surface area contributed by atoms with Crippen molar-refractivity contribution in [2.45, 2.75) is 32.1 Å². The van der Waals surface area contributed by atoms with Gasteiger partial charge in [-0.2, -0.15) is 0 Å². The molecule has 1 aromatic heterocycles. The summed E-state index contributed by atoms with van der Waals surface area (Å²) in [6.07, 6.45) is 7.76. The number of hydrogen-bond donors (Lipinski definition) is 1. The minimum atomic E-state index is -1.50. The van der Waals surface area contributed by atoms with Crippen LogP contribution in [0.1, 0.15) is 30.1 Å². The average Bonchev–Trinajstić information content (AvgIpc) is 3.20. The van der Waals surface area contributed by atoms with Gasteiger partial charge in [0.2, 0.25) is 0 Å². The Balaban J connectivity index is 0.000000687. The molecule has 29 heavy (non-hydrogen) atoms. The molecular weight excluding hydrogens is 506 g/mol. The van der Waals surface area contributed by atoms with Crippen molar-refractivity contribution in [2.24, 2.45) is 0 Å². The zero-order valence-electron chi connectivity index (χ0n) is 15.5. The van der Waals surface area contributed by atoms with E-state index in [1.54, 1.807) is 0 Å². The fourth-order valence-electron chi connectivity index (χ4n) is 2.68. The molecule has 1 N–H and O–H groups in total. The summed E-state index contributed by atoms with van der Waals surface area (Å²) in [7, 11) is 0. The molecular formula is C20H21Br2N3O4. The van der Waals surface area contributed by atoms with E-state index >= 15 is 0 Å². The SMILES string of the molecule is Brc1ccc(COC(CCCn2ccnc2)c2ccc(Br)cc2)cc1.O=[N+]([O-])O. The molecule has 1 atom stereocenters. The Kier molecular flexibility index (Phi) is 9.82. The lowest BCUT2D eigenvalue weighted by atomic mass is 10.0. The van der Waals surface area contributed by atoms with Gasteiger partial charge in [-0.05, 0) is 48.2 Å². The molecule has 0 aliphatic carbocycles. The Bertz CT molecular complexity index is 852. The molecule has 1 unspecified atom stereocenters. The number of aromatic nitrogens is 2. The lowest BCUT2D eigenvalue weighted by Gasteiger charge is -2.19. The van der Waals surface area contributed by atoms with E-state index in [1.807, 2.05) is 30.9 Å². The predicted molar refractivity (Wildman–Crippen MR) is 116 cm³/mol. The second-order valence-electron chi connectivity index (χ2n) is 6.16. The fraction of sp³-hybridized carbons (Fsp3) is 0.250. The predicted octanol–water partition coefficient (Wildman–Crippen LogP) is 5.80. The minimum absolute atomic E-state index is 0.0836. The van der Waals surface area contributed by atoms with Crippen molar-refractivity contribution in [3.63, 3.8) is 0 Å². The second-order valence-corrected chi connectivity index (χ2v) is 7.99. The van der Waals surface area contributed by atoms with Crippen LogP contribution in [-0.4, -0.2) is 19.8 Å². The molecule has 0 radical (unpaired) electrons. The monoisotopic (exact) mass is 525 g/mol. The lowest BCUT2D eigenvalue weighted by Crippen LogP contribution is -2.07. The van der Waals surface area contributed by atoms with Crippen molar-refractivity contribution in [1.82, 2.24) is 9.55 Å². The summed E-state index contributed by atoms with van der Waals surface area (Å²) in [6, 6.07) is 16.7. The van der Waals surface area contributed by atoms with E-state index in [0.717, 1.165) is 28.3 Å². The van der Waals surface area contributed by atoms with E-state index < -0.39 is 5.09 Å². The maximum absolute atomic E-state index is 8.36. The van der Waals surface area contributed by atoms with E-state index in [4.69, 9.17) is 20.1 Å². The van der Waals surface area contributed by atoms with Gasteiger partial charge in [0.05, 0.1) is 19.0 Å². The van der Waals surface area contributed by atoms with Crippen molar-refractivity contribution < 1.29 is 15.0 Å². The summed E-state index contributed by atoms with van der Waals surface area (Å²) in [5.41, 5.74) is 2.39. The van der Waals surface area contributed by atoms with Crippen LogP contribution in [-0.2, 0) is 17.9 Å². The van der Waals surface area contributed by atoms with E-state index in [2.05, 4.69) is 77.8 Å². The van der Waals surface area contributed by atoms with Gasteiger partial charge in [-0.25, -0.2) is 4.98 Å². The Morgan fingerprint density at radius 1 is 1.10 bits per heavy atom. The van der Waals surface area contributed by atoms with Crippen molar-refractivity contribution >= 4 is 31.9 Å². The number of ether oxygens (including phenoxy) is 1. The van der Waals surface area contributed by atoms with Gasteiger partial charge in [-0.3, -0.25) is 0 Å². The molecule has 2 aromatic carbocycles. The third-order valence-corrected chi connectivity index (χ3v) is 5.11. The molecule has 3 rings (SSSR count). The smallest absolute Gasteiger partial charge is 0.291 e. The summed E-state index contributed by atoms with van der Waals surface area (Å²) in [4.78, 5) is 12.5. The first kappa shape index (κ1) is 23.1. The number of nitrogens with zero attached hydrogens (tertiary/aromatic N) is 3. The summed E-state index contributed by atoms with van der Waals surface area (Å²) in [6.45, 7) is 1.56. The highest BCUT2D eigenvalue weighted by molar-refractivity contribution is 9.10. The molecule has 0 bridgehead atoms. The summed E-state index contributed by atoms with van der Waals surface area (Å²) >= 11 is 6.97. The Hall–Kier alpha value is -2.23. The molecule has 1 heterocycles. The van der Waals surface area contributed by atoms with Gasteiger partial charge in [0.1, 0.15) is 0 Å². The standard InChI is InChI=1S/C20H20Br2N2O.HNO3/c21-18-7-3-16(4-8-18)14-25-20(17-5-9-19(22)10-6-17)2-1-12-24-13-11-23-15-24;2-1(3)4/h3-11,13,15,20H,1-2,12,14H2;(H,2,3,4). The molecule has 0 amide bonds. The van der Waals surface area contributed by atoms with Gasteiger partial charge in [0, 0.05) is 27.9 Å². The Morgan fingerprint density at radius 3 is 2.24 bits per heavy atom. The van der Waals surface area contributed by atoms with Crippen molar-refractivity contribution in [2.75, 3.05) is 0 Å². The third-order valence-electron chi connectivity index (χ3n) is 4.05. The van der Waals surface area contributed by atoms with Gasteiger partial charge in [-0.1, -0.05) is 56.1 Å². The number of benzene rings is 2. The summed E-state index contributed by atoms with van der Waals surface area (Å²) < 4.78 is 10.5. The van der Waals surface area contributed by atoms with Gasteiger partial charge in [0.15, 0.2) is 0 Å². The molecule has 0 spiro atoms. The number of aryl methyl sites for hydroxylation is 1. The maximum atomic E-state index is 8.36. The Labute approximate surface area is 185 Å². The quantitative estimate of drug-likeness (QED) is 0.296. The topological polar surface area (TPSA) is 90.4 Å². The molecule has 0 saturated heterocycles. The molecule has 0 aliphatic rings. The van der Waals surface area contributed by atoms with E-state index in [1.165, 1.54) is 11.1 Å². The average molecular weight is 527 g/mol. The summed E-state index contributed by atoms with van der Waals surface area (Å²) in [5, 5.41) is 13.6. The highest BCUT2D eigenvalue weighted by Crippen LogP contribution is 2.26. The molecule has 0 fully saturated rings. The molecule has 9 heteroatoms. The van der Waals surface area contributed by atoms with Crippen molar-refractivity contribution in [1.29, 1.82) is 0 Å². The first-order chi connectivity index (χ1) is 13.9. The van der Waals surface area contributed by atoms with Gasteiger partial charge in [0.25, 0.3) is 5.09 Å². The Morgan fingerprint density at radius 2 is 1.69 bits per heavy atom. The zero-order valence-corrected chi connectivity index (χ0v) is 18.7. The van der Waals surface area contributed by atoms with Gasteiger partial charge < -0.3 is 14.5 Å². The van der Waals surface area contributed by atoms with Gasteiger partial charge >= 0.3 is 0 Å². The lowest BCUT2D eigenvalue weighted by molar-refractivity contribution is -0.742. The molecule has 3 aromatic rings. The van der Waals surface area contributed by atoms with Crippen LogP contribution < -0.4 is 0 Å². The van der Waals surface area contributed by atoms with Crippen LogP contribution in [0.5, 0.6) is 0 Å². The van der Waals surface area contributed by atoms with Crippen molar-refractivity contribution in [3.05, 3.63) is 97.4 Å². The number of halogens is 2. The number of rotatable bonds is 8. The fourth-order valence-corrected chi connectivity index (χ4v) is 3.21. The maximum Gasteiger partial charge on any atom is 0.291 e. The van der Waals surface area contributed by atoms with Crippen molar-refractivity contribution in [3.8, 4) is 0 Å². The van der Waals surface area contributed by atoms with Crippen LogP contribution in [0.3, 0.4) is 0 Å². The molecule has 0 saturated carbocycles. The zero-order chi connectivity index (χ0) is 21.1. The number of imidazole rings is 1. The largest absolute Gasteiger partial charge is 0.369 e. The van der Waals surface area contributed by atoms with E-state index in [9.17, 15) is 0 Å². The first-order valence-electron chi connectivity index (χ1n) is 8.84.